The molecule has 0 saturated carbocycles. The van der Waals surface area contributed by atoms with Crippen LogP contribution in [0.15, 0.2) is 53.4 Å². The number of anilines is 1. The van der Waals surface area contributed by atoms with E-state index in [-0.39, 0.29) is 22.3 Å². The minimum absolute atomic E-state index is 0.0943. The van der Waals surface area contributed by atoms with Crippen LogP contribution in [0.1, 0.15) is 32.5 Å². The van der Waals surface area contributed by atoms with Crippen LogP contribution in [0.25, 0.3) is 10.4 Å². The molecule has 0 bridgehead atoms. The number of carbonyl (C=O) groups excluding carboxylic acids is 2. The lowest BCUT2D eigenvalue weighted by molar-refractivity contribution is 0.101. The Morgan fingerprint density at radius 2 is 1.89 bits per heavy atom. The van der Waals surface area contributed by atoms with Gasteiger partial charge in [0.05, 0.1) is 15.5 Å². The molecule has 0 atom stereocenters. The number of hydrogen-bond acceptors (Lipinski definition) is 5. The lowest BCUT2D eigenvalue weighted by atomic mass is 10.1. The summed E-state index contributed by atoms with van der Waals surface area (Å²) in [4.78, 5) is 25.5. The van der Waals surface area contributed by atoms with Crippen LogP contribution in [0.2, 0.25) is 5.02 Å². The molecular formula is C20H14ClNO4S2. The monoisotopic (exact) mass is 431 g/mol. The topological polar surface area (TPSA) is 80.3 Å². The zero-order chi connectivity index (χ0) is 20.1. The second-order valence-corrected chi connectivity index (χ2v) is 9.90. The van der Waals surface area contributed by atoms with Crippen LogP contribution in [0, 0.1) is 0 Å². The van der Waals surface area contributed by atoms with E-state index in [0.717, 1.165) is 4.88 Å². The zero-order valence-electron chi connectivity index (χ0n) is 14.7. The van der Waals surface area contributed by atoms with Crippen molar-refractivity contribution in [3.8, 4) is 10.4 Å². The highest BCUT2D eigenvalue weighted by Crippen LogP contribution is 2.43. The Hall–Kier alpha value is -2.48. The molecule has 5 nitrogen and oxygen atoms in total. The Bertz CT molecular complexity index is 1240. The highest BCUT2D eigenvalue weighted by atomic mass is 35.5. The van der Waals surface area contributed by atoms with Crippen molar-refractivity contribution >= 4 is 50.2 Å². The van der Waals surface area contributed by atoms with Gasteiger partial charge in [-0.15, -0.1) is 11.3 Å². The smallest absolute Gasteiger partial charge is 0.265 e. The number of amides is 1. The molecule has 0 fully saturated rings. The molecule has 1 aliphatic rings. The number of fused-ring (bicyclic) bond motifs is 3. The highest BCUT2D eigenvalue weighted by molar-refractivity contribution is 7.91. The molecule has 1 aliphatic heterocycles. The van der Waals surface area contributed by atoms with E-state index >= 15 is 0 Å². The Morgan fingerprint density at radius 1 is 1.11 bits per heavy atom. The molecule has 2 heterocycles. The summed E-state index contributed by atoms with van der Waals surface area (Å²) in [5, 5.41) is 3.12. The number of Topliss-reactive ketones (excluding diaryl/α,β-unsaturated/α-hetero) is 1. The summed E-state index contributed by atoms with van der Waals surface area (Å²) in [6.45, 7) is 1.46. The standard InChI is InChI=1S/C20H14ClNO4S2/c1-11(23)12-3-2-4-15(7-12)22-20(24)17-8-13-10-28(25,26)18-9-14(21)5-6-16(18)19(13)27-17/h2-9H,10H2,1H3,(H,22,24). The molecule has 3 aromatic rings. The minimum Gasteiger partial charge on any atom is -0.321 e. The summed E-state index contributed by atoms with van der Waals surface area (Å²) in [7, 11) is -3.51. The fourth-order valence-electron chi connectivity index (χ4n) is 3.11. The van der Waals surface area contributed by atoms with Crippen molar-refractivity contribution in [2.45, 2.75) is 17.6 Å². The van der Waals surface area contributed by atoms with Gasteiger partial charge in [-0.1, -0.05) is 29.8 Å². The summed E-state index contributed by atoms with van der Waals surface area (Å²) in [6, 6.07) is 13.0. The maximum Gasteiger partial charge on any atom is 0.265 e. The van der Waals surface area contributed by atoms with Crippen LogP contribution >= 0.6 is 22.9 Å². The molecule has 0 saturated heterocycles. The molecule has 0 radical (unpaired) electrons. The fourth-order valence-corrected chi connectivity index (χ4v) is 6.22. The molecule has 1 N–H and O–H groups in total. The van der Waals surface area contributed by atoms with Gasteiger partial charge in [-0.25, -0.2) is 8.42 Å². The van der Waals surface area contributed by atoms with Crippen molar-refractivity contribution in [1.29, 1.82) is 0 Å². The number of benzene rings is 2. The van der Waals surface area contributed by atoms with Crippen LogP contribution in [-0.4, -0.2) is 20.1 Å². The maximum atomic E-state index is 12.7. The van der Waals surface area contributed by atoms with Crippen LogP contribution in [0.3, 0.4) is 0 Å². The molecule has 1 aromatic heterocycles. The van der Waals surface area contributed by atoms with Crippen LogP contribution in [-0.2, 0) is 15.6 Å². The van der Waals surface area contributed by atoms with Crippen molar-refractivity contribution in [2.75, 3.05) is 5.32 Å². The molecular weight excluding hydrogens is 418 g/mol. The lowest BCUT2D eigenvalue weighted by Crippen LogP contribution is -2.11. The average Bonchev–Trinajstić information content (AvgIpc) is 3.05. The van der Waals surface area contributed by atoms with Gasteiger partial charge >= 0.3 is 0 Å². The summed E-state index contributed by atoms with van der Waals surface area (Å²) in [5.74, 6) is -0.615. The van der Waals surface area contributed by atoms with E-state index in [2.05, 4.69) is 5.32 Å². The number of nitrogens with one attached hydrogen (secondary N) is 1. The first-order chi connectivity index (χ1) is 13.2. The summed E-state index contributed by atoms with van der Waals surface area (Å²) in [6.07, 6.45) is 0. The van der Waals surface area contributed by atoms with Crippen molar-refractivity contribution in [3.05, 3.63) is 69.6 Å². The predicted octanol–water partition coefficient (Wildman–Crippen LogP) is 4.81. The van der Waals surface area contributed by atoms with E-state index in [4.69, 9.17) is 11.6 Å². The second-order valence-electron chi connectivity index (χ2n) is 6.46. The number of rotatable bonds is 3. The third-order valence-electron chi connectivity index (χ3n) is 4.43. The molecule has 0 aliphatic carbocycles. The zero-order valence-corrected chi connectivity index (χ0v) is 17.0. The van der Waals surface area contributed by atoms with Gasteiger partial charge in [0.25, 0.3) is 5.91 Å². The summed E-state index contributed by atoms with van der Waals surface area (Å²) in [5.41, 5.74) is 2.17. The normalized spacial score (nSPS) is 14.1. The van der Waals surface area contributed by atoms with E-state index in [9.17, 15) is 18.0 Å². The Balaban J connectivity index is 1.70. The number of sulfone groups is 1. The number of halogens is 1. The van der Waals surface area contributed by atoms with Gasteiger partial charge in [0.1, 0.15) is 0 Å². The largest absolute Gasteiger partial charge is 0.321 e. The van der Waals surface area contributed by atoms with Gasteiger partial charge in [-0.2, -0.15) is 0 Å². The van der Waals surface area contributed by atoms with E-state index in [0.29, 0.717) is 32.3 Å². The molecule has 4 rings (SSSR count). The van der Waals surface area contributed by atoms with Gasteiger partial charge in [0.2, 0.25) is 0 Å². The van der Waals surface area contributed by atoms with Crippen LogP contribution in [0.5, 0.6) is 0 Å². The first kappa shape index (κ1) is 18.9. The quantitative estimate of drug-likeness (QED) is 0.603. The van der Waals surface area contributed by atoms with Crippen molar-refractivity contribution in [1.82, 2.24) is 0 Å². The molecule has 0 spiro atoms. The van der Waals surface area contributed by atoms with Gasteiger partial charge in [-0.05, 0) is 42.8 Å². The third kappa shape index (κ3) is 3.37. The van der Waals surface area contributed by atoms with E-state index in [1.807, 2.05) is 0 Å². The molecule has 1 amide bonds. The lowest BCUT2D eigenvalue weighted by Gasteiger charge is -2.16. The molecule has 2 aromatic carbocycles. The number of ketones is 1. The van der Waals surface area contributed by atoms with Gasteiger partial charge < -0.3 is 5.32 Å². The minimum atomic E-state index is -3.51. The molecule has 28 heavy (non-hydrogen) atoms. The number of carbonyl (C=O) groups is 2. The van der Waals surface area contributed by atoms with E-state index in [1.165, 1.54) is 24.3 Å². The second kappa shape index (κ2) is 6.84. The van der Waals surface area contributed by atoms with Crippen molar-refractivity contribution < 1.29 is 18.0 Å². The molecule has 0 unspecified atom stereocenters. The van der Waals surface area contributed by atoms with Crippen LogP contribution < -0.4 is 5.32 Å². The SMILES string of the molecule is CC(=O)c1cccc(NC(=O)c2cc3c(s2)-c2ccc(Cl)cc2S(=O)(=O)C3)c1. The van der Waals surface area contributed by atoms with Gasteiger partial charge in [0, 0.05) is 26.7 Å². The van der Waals surface area contributed by atoms with E-state index < -0.39 is 9.84 Å². The van der Waals surface area contributed by atoms with E-state index in [1.54, 1.807) is 42.5 Å². The Kier molecular flexibility index (Phi) is 4.61. The van der Waals surface area contributed by atoms with Gasteiger partial charge in [-0.3, -0.25) is 9.59 Å². The first-order valence-corrected chi connectivity index (χ1v) is 11.2. The van der Waals surface area contributed by atoms with Gasteiger partial charge in [0.15, 0.2) is 15.6 Å². The number of thiophene rings is 1. The predicted molar refractivity (Wildman–Crippen MR) is 110 cm³/mol. The van der Waals surface area contributed by atoms with Crippen LogP contribution in [0.4, 0.5) is 5.69 Å². The summed E-state index contributed by atoms with van der Waals surface area (Å²) < 4.78 is 25.1. The molecule has 8 heteroatoms. The van der Waals surface area contributed by atoms with Crippen molar-refractivity contribution in [2.24, 2.45) is 0 Å². The Morgan fingerprint density at radius 3 is 2.64 bits per heavy atom. The first-order valence-electron chi connectivity index (χ1n) is 8.32. The van der Waals surface area contributed by atoms with Crippen molar-refractivity contribution in [3.63, 3.8) is 0 Å². The Labute approximate surface area is 170 Å². The maximum absolute atomic E-state index is 12.7. The average molecular weight is 432 g/mol. The molecule has 142 valence electrons. The third-order valence-corrected chi connectivity index (χ3v) is 7.57. The highest BCUT2D eigenvalue weighted by Gasteiger charge is 2.31. The summed E-state index contributed by atoms with van der Waals surface area (Å²) >= 11 is 7.20. The number of hydrogen-bond donors (Lipinski definition) is 1. The fraction of sp³-hybridized carbons (Fsp3) is 0.100.